The van der Waals surface area contributed by atoms with Gasteiger partial charge in [-0.3, -0.25) is 0 Å². The predicted molar refractivity (Wildman–Crippen MR) is 44.0 cm³/mol. The summed E-state index contributed by atoms with van der Waals surface area (Å²) in [5.74, 6) is -3.34. The molecule has 1 unspecified atom stereocenters. The number of hydrogen-bond donors (Lipinski definition) is 2. The van der Waals surface area contributed by atoms with Crippen molar-refractivity contribution in [3.8, 4) is 0 Å². The Labute approximate surface area is 75.7 Å². The number of nitrogens with one attached hydrogen (secondary N) is 2. The molecule has 0 amide bonds. The fourth-order valence-corrected chi connectivity index (χ4v) is 1.77. The van der Waals surface area contributed by atoms with Crippen molar-refractivity contribution < 1.29 is 17.2 Å². The highest BCUT2D eigenvalue weighted by atomic mass is 32.2. The molecule has 0 spiro atoms. The second-order valence-corrected chi connectivity index (χ2v) is 4.68. The first-order valence-electron chi connectivity index (χ1n) is 4.02. The zero-order valence-electron chi connectivity index (χ0n) is 6.96. The van der Waals surface area contributed by atoms with Crippen molar-refractivity contribution in [3.05, 3.63) is 0 Å². The molecule has 0 aromatic rings. The molecule has 78 valence electrons. The van der Waals surface area contributed by atoms with Crippen LogP contribution in [0.1, 0.15) is 12.8 Å². The van der Waals surface area contributed by atoms with Gasteiger partial charge in [0.2, 0.25) is 0 Å². The molecule has 1 rings (SSSR count). The van der Waals surface area contributed by atoms with E-state index in [9.17, 15) is 17.2 Å². The molecule has 1 heterocycles. The lowest BCUT2D eigenvalue weighted by Crippen LogP contribution is -2.39. The smallest absolute Gasteiger partial charge is 0.313 e. The van der Waals surface area contributed by atoms with Gasteiger partial charge in [0.15, 0.2) is 0 Å². The van der Waals surface area contributed by atoms with E-state index in [0.29, 0.717) is 0 Å². The molecular formula is C6H12F2N2O2S. The Hall–Kier alpha value is -0.270. The molecule has 1 atom stereocenters. The molecule has 2 N–H and O–H groups in total. The molecule has 13 heavy (non-hydrogen) atoms. The molecule has 0 saturated carbocycles. The van der Waals surface area contributed by atoms with Crippen LogP contribution in [0.4, 0.5) is 8.78 Å². The van der Waals surface area contributed by atoms with Crippen LogP contribution < -0.4 is 10.0 Å². The van der Waals surface area contributed by atoms with E-state index in [1.54, 1.807) is 0 Å². The van der Waals surface area contributed by atoms with E-state index in [-0.39, 0.29) is 12.6 Å². The Morgan fingerprint density at radius 2 is 2.23 bits per heavy atom. The van der Waals surface area contributed by atoms with E-state index >= 15 is 0 Å². The zero-order valence-corrected chi connectivity index (χ0v) is 7.78. The van der Waals surface area contributed by atoms with Crippen molar-refractivity contribution >= 4 is 10.0 Å². The summed E-state index contributed by atoms with van der Waals surface area (Å²) in [6.45, 7) is 0.869. The largest absolute Gasteiger partial charge is 0.350 e. The van der Waals surface area contributed by atoms with Crippen LogP contribution >= 0.6 is 0 Å². The maximum Gasteiger partial charge on any atom is 0.350 e. The van der Waals surface area contributed by atoms with Gasteiger partial charge in [-0.1, -0.05) is 0 Å². The third-order valence-corrected chi connectivity index (χ3v) is 2.97. The van der Waals surface area contributed by atoms with Gasteiger partial charge in [-0.15, -0.1) is 0 Å². The van der Waals surface area contributed by atoms with Crippen LogP contribution in [-0.2, 0) is 10.0 Å². The lowest BCUT2D eigenvalue weighted by Gasteiger charge is -2.10. The molecule has 0 aromatic carbocycles. The van der Waals surface area contributed by atoms with Crippen molar-refractivity contribution in [2.24, 2.45) is 0 Å². The van der Waals surface area contributed by atoms with Crippen molar-refractivity contribution in [1.82, 2.24) is 10.0 Å². The Morgan fingerprint density at radius 3 is 2.69 bits per heavy atom. The molecular weight excluding hydrogens is 202 g/mol. The van der Waals surface area contributed by atoms with Gasteiger partial charge in [0.05, 0.1) is 0 Å². The third kappa shape index (κ3) is 3.17. The number of sulfonamides is 1. The molecule has 0 aliphatic carbocycles. The van der Waals surface area contributed by atoms with E-state index in [4.69, 9.17) is 0 Å². The van der Waals surface area contributed by atoms with Gasteiger partial charge in [-0.2, -0.15) is 8.78 Å². The van der Waals surface area contributed by atoms with E-state index in [0.717, 1.165) is 19.4 Å². The summed E-state index contributed by atoms with van der Waals surface area (Å²) in [7, 11) is -4.41. The minimum Gasteiger partial charge on any atom is -0.313 e. The Morgan fingerprint density at radius 1 is 1.54 bits per heavy atom. The van der Waals surface area contributed by atoms with E-state index < -0.39 is 15.8 Å². The summed E-state index contributed by atoms with van der Waals surface area (Å²) < 4.78 is 46.7. The fourth-order valence-electron chi connectivity index (χ4n) is 1.21. The van der Waals surface area contributed by atoms with Crippen LogP contribution in [0.3, 0.4) is 0 Å². The maximum absolute atomic E-state index is 11.8. The molecule has 7 heteroatoms. The predicted octanol–water partition coefficient (Wildman–Crippen LogP) is -0.120. The van der Waals surface area contributed by atoms with Crippen LogP contribution in [0.2, 0.25) is 0 Å². The summed E-state index contributed by atoms with van der Waals surface area (Å²) in [4.78, 5) is 0. The Balaban J connectivity index is 2.33. The average molecular weight is 214 g/mol. The number of alkyl halides is 2. The first kappa shape index (κ1) is 10.8. The average Bonchev–Trinajstić information content (AvgIpc) is 2.52. The molecule has 0 bridgehead atoms. The molecule has 1 aliphatic rings. The van der Waals surface area contributed by atoms with Gasteiger partial charge < -0.3 is 5.32 Å². The van der Waals surface area contributed by atoms with Crippen molar-refractivity contribution in [2.45, 2.75) is 24.6 Å². The Kier molecular flexibility index (Phi) is 3.57. The molecule has 0 aromatic heterocycles. The summed E-state index contributed by atoms with van der Waals surface area (Å²) in [6.07, 6.45) is 1.78. The normalized spacial score (nSPS) is 24.1. The fraction of sp³-hybridized carbons (Fsp3) is 1.00. The first-order chi connectivity index (χ1) is 6.02. The highest BCUT2D eigenvalue weighted by Crippen LogP contribution is 2.06. The van der Waals surface area contributed by atoms with Gasteiger partial charge >= 0.3 is 5.76 Å². The number of rotatable bonds is 4. The van der Waals surface area contributed by atoms with Crippen LogP contribution in [-0.4, -0.2) is 33.3 Å². The molecule has 0 radical (unpaired) electrons. The summed E-state index contributed by atoms with van der Waals surface area (Å²) in [5, 5.41) is 3.00. The molecule has 1 saturated heterocycles. The topological polar surface area (TPSA) is 58.2 Å². The van der Waals surface area contributed by atoms with Gasteiger partial charge in [0, 0.05) is 12.6 Å². The second kappa shape index (κ2) is 4.30. The molecule has 1 aliphatic heterocycles. The van der Waals surface area contributed by atoms with Gasteiger partial charge in [0.1, 0.15) is 0 Å². The number of hydrogen-bond acceptors (Lipinski definition) is 3. The van der Waals surface area contributed by atoms with Crippen molar-refractivity contribution in [2.75, 3.05) is 13.1 Å². The molecule has 4 nitrogen and oxygen atoms in total. The van der Waals surface area contributed by atoms with Gasteiger partial charge in [0.25, 0.3) is 10.0 Å². The maximum atomic E-state index is 11.8. The van der Waals surface area contributed by atoms with Crippen LogP contribution in [0.25, 0.3) is 0 Å². The van der Waals surface area contributed by atoms with Gasteiger partial charge in [-0.25, -0.2) is 13.1 Å². The van der Waals surface area contributed by atoms with E-state index in [1.807, 2.05) is 4.72 Å². The van der Waals surface area contributed by atoms with Crippen molar-refractivity contribution in [3.63, 3.8) is 0 Å². The lowest BCUT2D eigenvalue weighted by molar-refractivity contribution is 0.232. The monoisotopic (exact) mass is 214 g/mol. The highest BCUT2D eigenvalue weighted by molar-refractivity contribution is 7.89. The Bertz CT molecular complexity index is 249. The van der Waals surface area contributed by atoms with Crippen LogP contribution in [0.15, 0.2) is 0 Å². The van der Waals surface area contributed by atoms with E-state index in [2.05, 4.69) is 5.32 Å². The summed E-state index contributed by atoms with van der Waals surface area (Å²) in [5.41, 5.74) is 0. The third-order valence-electron chi connectivity index (χ3n) is 1.93. The lowest BCUT2D eigenvalue weighted by atomic mass is 10.2. The van der Waals surface area contributed by atoms with Crippen LogP contribution in [0.5, 0.6) is 0 Å². The summed E-state index contributed by atoms with van der Waals surface area (Å²) >= 11 is 0. The van der Waals surface area contributed by atoms with Gasteiger partial charge in [-0.05, 0) is 19.4 Å². The van der Waals surface area contributed by atoms with E-state index in [1.165, 1.54) is 0 Å². The van der Waals surface area contributed by atoms with Crippen molar-refractivity contribution in [1.29, 1.82) is 0 Å². The zero-order chi connectivity index (χ0) is 9.90. The highest BCUT2D eigenvalue weighted by Gasteiger charge is 2.25. The standard InChI is InChI=1S/C6H12F2N2O2S/c7-6(8)13(11,12)10-4-5-2-1-3-9-5/h5-6,9-10H,1-4H2. The second-order valence-electron chi connectivity index (χ2n) is 2.95. The summed E-state index contributed by atoms with van der Waals surface area (Å²) in [6, 6.07) is -0.00600. The quantitative estimate of drug-likeness (QED) is 0.686. The molecule has 1 fully saturated rings. The first-order valence-corrected chi connectivity index (χ1v) is 5.57. The van der Waals surface area contributed by atoms with Crippen LogP contribution in [0, 0.1) is 0 Å². The minimum atomic E-state index is -4.41. The minimum absolute atomic E-state index is 0.00600. The number of halogens is 2. The SMILES string of the molecule is O=S(=O)(NCC1CCCN1)C(F)F.